The lowest BCUT2D eigenvalue weighted by molar-refractivity contribution is -0.134. The average Bonchev–Trinajstić information content (AvgIpc) is 3.13. The maximum absolute atomic E-state index is 12.1. The second-order valence-corrected chi connectivity index (χ2v) is 5.86. The molecule has 1 unspecified atom stereocenters. The highest BCUT2D eigenvalue weighted by Crippen LogP contribution is 2.30. The van der Waals surface area contributed by atoms with Gasteiger partial charge in [0.25, 0.3) is 11.8 Å². The van der Waals surface area contributed by atoms with Crippen molar-refractivity contribution in [2.75, 3.05) is 6.61 Å². The smallest absolute Gasteiger partial charge is 0.283 e. The average molecular weight is 364 g/mol. The highest BCUT2D eigenvalue weighted by atomic mass is 16.6. The topological polar surface area (TPSA) is 89.8 Å². The SMILES string of the molecule is O=C(C=Cc1cc2ccccc2o1)NNC(=O)C1COc2ccccc2O1. The first-order valence-corrected chi connectivity index (χ1v) is 8.34. The molecule has 136 valence electrons. The molecule has 4 rings (SSSR count). The number of benzene rings is 2. The molecule has 3 aromatic rings. The van der Waals surface area contributed by atoms with Crippen LogP contribution in [0.3, 0.4) is 0 Å². The minimum Gasteiger partial charge on any atom is -0.485 e. The van der Waals surface area contributed by atoms with Crippen molar-refractivity contribution in [2.45, 2.75) is 6.10 Å². The Kier molecular flexibility index (Phi) is 4.49. The van der Waals surface area contributed by atoms with Gasteiger partial charge in [-0.1, -0.05) is 30.3 Å². The number of hydrogen-bond donors (Lipinski definition) is 2. The number of hydrogen-bond acceptors (Lipinski definition) is 5. The number of fused-ring (bicyclic) bond motifs is 2. The maximum atomic E-state index is 12.1. The molecule has 1 aliphatic heterocycles. The molecule has 27 heavy (non-hydrogen) atoms. The molecule has 1 aliphatic rings. The van der Waals surface area contributed by atoms with Crippen LogP contribution in [0, 0.1) is 0 Å². The summed E-state index contributed by atoms with van der Waals surface area (Å²) in [4.78, 5) is 24.0. The van der Waals surface area contributed by atoms with Gasteiger partial charge in [0.15, 0.2) is 11.5 Å². The summed E-state index contributed by atoms with van der Waals surface area (Å²) in [6, 6.07) is 16.4. The number of nitrogens with one attached hydrogen (secondary N) is 2. The summed E-state index contributed by atoms with van der Waals surface area (Å²) in [5, 5.41) is 0.945. The number of amides is 2. The molecule has 0 spiro atoms. The Morgan fingerprint density at radius 2 is 1.78 bits per heavy atom. The minimum atomic E-state index is -0.848. The van der Waals surface area contributed by atoms with Gasteiger partial charge in [0.1, 0.15) is 18.0 Å². The van der Waals surface area contributed by atoms with Crippen molar-refractivity contribution < 1.29 is 23.5 Å². The van der Waals surface area contributed by atoms with Crippen LogP contribution in [0.1, 0.15) is 5.76 Å². The van der Waals surface area contributed by atoms with Gasteiger partial charge in [0, 0.05) is 11.5 Å². The van der Waals surface area contributed by atoms with Crippen LogP contribution >= 0.6 is 0 Å². The fourth-order valence-electron chi connectivity index (χ4n) is 2.64. The standard InChI is InChI=1S/C20H16N2O5/c23-19(10-9-14-11-13-5-1-2-6-15(13)26-14)21-22-20(24)18-12-25-16-7-3-4-8-17(16)27-18/h1-11,18H,12H2,(H,21,23)(H,22,24). The third-order valence-electron chi connectivity index (χ3n) is 3.95. The Labute approximate surface area is 154 Å². The van der Waals surface area contributed by atoms with Gasteiger partial charge in [-0.15, -0.1) is 0 Å². The number of ether oxygens (including phenoxy) is 2. The van der Waals surface area contributed by atoms with Crippen LogP contribution in [0.25, 0.3) is 17.0 Å². The summed E-state index contributed by atoms with van der Waals surface area (Å²) in [6.07, 6.45) is 1.95. The number of carbonyl (C=O) groups is 2. The van der Waals surface area contributed by atoms with Crippen LogP contribution in [-0.2, 0) is 9.59 Å². The summed E-state index contributed by atoms with van der Waals surface area (Å²) in [5.41, 5.74) is 5.36. The highest BCUT2D eigenvalue weighted by molar-refractivity contribution is 5.94. The van der Waals surface area contributed by atoms with E-state index in [9.17, 15) is 9.59 Å². The van der Waals surface area contributed by atoms with Gasteiger partial charge in [-0.3, -0.25) is 20.4 Å². The first-order chi connectivity index (χ1) is 13.2. The summed E-state index contributed by atoms with van der Waals surface area (Å²) in [7, 11) is 0. The van der Waals surface area contributed by atoms with E-state index in [0.717, 1.165) is 11.0 Å². The van der Waals surface area contributed by atoms with Gasteiger partial charge in [0.05, 0.1) is 0 Å². The van der Waals surface area contributed by atoms with Crippen molar-refractivity contribution in [2.24, 2.45) is 0 Å². The summed E-state index contributed by atoms with van der Waals surface area (Å²) in [6.45, 7) is 0.0630. The number of para-hydroxylation sites is 3. The molecule has 2 heterocycles. The van der Waals surface area contributed by atoms with E-state index in [1.54, 1.807) is 18.2 Å². The Balaban J connectivity index is 1.30. The zero-order chi connectivity index (χ0) is 18.6. The third kappa shape index (κ3) is 3.77. The van der Waals surface area contributed by atoms with E-state index in [2.05, 4.69) is 10.9 Å². The predicted octanol–water partition coefficient (Wildman–Crippen LogP) is 2.43. The zero-order valence-corrected chi connectivity index (χ0v) is 14.2. The largest absolute Gasteiger partial charge is 0.485 e. The molecule has 0 radical (unpaired) electrons. The van der Waals surface area contributed by atoms with E-state index < -0.39 is 17.9 Å². The van der Waals surface area contributed by atoms with Gasteiger partial charge >= 0.3 is 0 Å². The van der Waals surface area contributed by atoms with Crippen molar-refractivity contribution >= 4 is 28.9 Å². The molecule has 0 saturated heterocycles. The molecule has 2 aromatic carbocycles. The lowest BCUT2D eigenvalue weighted by Gasteiger charge is -2.25. The Bertz CT molecular complexity index is 991. The van der Waals surface area contributed by atoms with Crippen LogP contribution < -0.4 is 20.3 Å². The van der Waals surface area contributed by atoms with Crippen LogP contribution in [-0.4, -0.2) is 24.5 Å². The maximum Gasteiger partial charge on any atom is 0.283 e. The lowest BCUT2D eigenvalue weighted by atomic mass is 10.2. The first kappa shape index (κ1) is 16.7. The van der Waals surface area contributed by atoms with Crippen molar-refractivity contribution in [1.82, 2.24) is 10.9 Å². The summed E-state index contributed by atoms with van der Waals surface area (Å²) < 4.78 is 16.6. The van der Waals surface area contributed by atoms with E-state index >= 15 is 0 Å². The van der Waals surface area contributed by atoms with E-state index in [4.69, 9.17) is 13.9 Å². The van der Waals surface area contributed by atoms with Gasteiger partial charge in [0.2, 0.25) is 6.10 Å². The monoisotopic (exact) mass is 364 g/mol. The molecule has 0 aliphatic carbocycles. The summed E-state index contributed by atoms with van der Waals surface area (Å²) >= 11 is 0. The lowest BCUT2D eigenvalue weighted by Crippen LogP contribution is -2.50. The van der Waals surface area contributed by atoms with Crippen LogP contribution in [0.2, 0.25) is 0 Å². The van der Waals surface area contributed by atoms with E-state index in [0.29, 0.717) is 17.3 Å². The van der Waals surface area contributed by atoms with Crippen molar-refractivity contribution in [3.05, 3.63) is 66.4 Å². The Morgan fingerprint density at radius 1 is 1.00 bits per heavy atom. The molecular weight excluding hydrogens is 348 g/mol. The fourth-order valence-corrected chi connectivity index (χ4v) is 2.64. The fraction of sp³-hybridized carbons (Fsp3) is 0.100. The predicted molar refractivity (Wildman–Crippen MR) is 97.9 cm³/mol. The normalized spacial score (nSPS) is 15.6. The second-order valence-electron chi connectivity index (χ2n) is 5.86. The third-order valence-corrected chi connectivity index (χ3v) is 3.95. The van der Waals surface area contributed by atoms with Crippen molar-refractivity contribution in [3.8, 4) is 11.5 Å². The van der Waals surface area contributed by atoms with E-state index in [1.165, 1.54) is 12.2 Å². The zero-order valence-electron chi connectivity index (χ0n) is 14.2. The molecule has 0 bridgehead atoms. The molecule has 1 aromatic heterocycles. The van der Waals surface area contributed by atoms with Crippen molar-refractivity contribution in [1.29, 1.82) is 0 Å². The van der Waals surface area contributed by atoms with E-state index in [1.807, 2.05) is 36.4 Å². The van der Waals surface area contributed by atoms with Gasteiger partial charge < -0.3 is 13.9 Å². The van der Waals surface area contributed by atoms with Crippen LogP contribution in [0.4, 0.5) is 0 Å². The van der Waals surface area contributed by atoms with Gasteiger partial charge in [-0.25, -0.2) is 0 Å². The number of hydrazine groups is 1. The highest BCUT2D eigenvalue weighted by Gasteiger charge is 2.27. The first-order valence-electron chi connectivity index (χ1n) is 8.34. The molecule has 2 N–H and O–H groups in total. The molecule has 0 saturated carbocycles. The number of furan rings is 1. The minimum absolute atomic E-state index is 0.0630. The Morgan fingerprint density at radius 3 is 2.63 bits per heavy atom. The number of rotatable bonds is 3. The molecule has 1 atom stereocenters. The number of carbonyl (C=O) groups excluding carboxylic acids is 2. The van der Waals surface area contributed by atoms with Crippen LogP contribution in [0.15, 0.2) is 65.1 Å². The quantitative estimate of drug-likeness (QED) is 0.550. The molecule has 7 nitrogen and oxygen atoms in total. The Hall–Kier alpha value is -3.74. The summed E-state index contributed by atoms with van der Waals surface area (Å²) in [5.74, 6) is 0.605. The second kappa shape index (κ2) is 7.25. The molecule has 7 heteroatoms. The molecule has 0 fully saturated rings. The molecule has 2 amide bonds. The van der Waals surface area contributed by atoms with Crippen molar-refractivity contribution in [3.63, 3.8) is 0 Å². The van der Waals surface area contributed by atoms with Gasteiger partial charge in [-0.2, -0.15) is 0 Å². The van der Waals surface area contributed by atoms with Crippen LogP contribution in [0.5, 0.6) is 11.5 Å². The van der Waals surface area contributed by atoms with Gasteiger partial charge in [-0.05, 0) is 30.3 Å². The molecular formula is C20H16N2O5. The van der Waals surface area contributed by atoms with E-state index in [-0.39, 0.29) is 6.61 Å².